The topological polar surface area (TPSA) is 80.5 Å². The fourth-order valence-corrected chi connectivity index (χ4v) is 4.52. The molecule has 2 rings (SSSR count). The van der Waals surface area contributed by atoms with Crippen LogP contribution in [0.15, 0.2) is 0 Å². The monoisotopic (exact) mass is 274 g/mol. The second kappa shape index (κ2) is 4.81. The highest BCUT2D eigenvalue weighted by Gasteiger charge is 2.41. The molecule has 2 aliphatic rings. The van der Waals surface area contributed by atoms with Crippen molar-refractivity contribution >= 4 is 15.7 Å². The second-order valence-corrected chi connectivity index (χ2v) is 8.09. The van der Waals surface area contributed by atoms with Crippen LogP contribution in [0.5, 0.6) is 0 Å². The highest BCUT2D eigenvalue weighted by molar-refractivity contribution is 7.92. The van der Waals surface area contributed by atoms with Crippen molar-refractivity contribution in [2.75, 3.05) is 12.3 Å². The lowest BCUT2D eigenvalue weighted by Crippen LogP contribution is -2.55. The Morgan fingerprint density at radius 2 is 1.94 bits per heavy atom. The normalized spacial score (nSPS) is 39.8. The van der Waals surface area contributed by atoms with E-state index in [4.69, 9.17) is 5.73 Å². The van der Waals surface area contributed by atoms with Crippen molar-refractivity contribution in [3.05, 3.63) is 0 Å². The fraction of sp³-hybridized carbons (Fsp3) is 0.917. The molecule has 1 aliphatic heterocycles. The minimum atomic E-state index is -3.03. The zero-order valence-corrected chi connectivity index (χ0v) is 11.8. The summed E-state index contributed by atoms with van der Waals surface area (Å²) in [6.45, 7) is 3.85. The van der Waals surface area contributed by atoms with Crippen LogP contribution >= 0.6 is 0 Å². The third kappa shape index (κ3) is 2.40. The van der Waals surface area contributed by atoms with E-state index in [2.05, 4.69) is 0 Å². The van der Waals surface area contributed by atoms with Crippen LogP contribution in [0.4, 0.5) is 0 Å². The van der Waals surface area contributed by atoms with Crippen molar-refractivity contribution in [3.8, 4) is 0 Å². The Morgan fingerprint density at radius 3 is 2.50 bits per heavy atom. The summed E-state index contributed by atoms with van der Waals surface area (Å²) in [6.07, 6.45) is 2.47. The Balaban J connectivity index is 2.08. The molecule has 0 aromatic rings. The van der Waals surface area contributed by atoms with Gasteiger partial charge in [-0.25, -0.2) is 8.42 Å². The van der Waals surface area contributed by atoms with Crippen molar-refractivity contribution in [2.24, 2.45) is 11.7 Å². The number of rotatable bonds is 1. The smallest absolute Gasteiger partial charge is 0.226 e. The maximum Gasteiger partial charge on any atom is 0.226 e. The number of sulfone groups is 1. The number of nitrogens with two attached hydrogens (primary N) is 1. The number of amides is 1. The summed E-state index contributed by atoms with van der Waals surface area (Å²) in [6, 6.07) is -0.103. The molecule has 1 saturated carbocycles. The second-order valence-electron chi connectivity index (χ2n) is 5.61. The molecule has 0 aromatic carbocycles. The van der Waals surface area contributed by atoms with Gasteiger partial charge in [-0.15, -0.1) is 0 Å². The summed E-state index contributed by atoms with van der Waals surface area (Å²) in [7, 11) is -3.03. The predicted octanol–water partition coefficient (Wildman–Crippen LogP) is 0.148. The molecular formula is C12H22N2O3S. The third-order valence-corrected chi connectivity index (χ3v) is 6.74. The molecule has 1 aliphatic carbocycles. The number of carbonyl (C=O) groups excluding carboxylic acids is 1. The van der Waals surface area contributed by atoms with E-state index < -0.39 is 15.1 Å². The molecule has 0 spiro atoms. The summed E-state index contributed by atoms with van der Waals surface area (Å²) in [5.41, 5.74) is 5.83. The van der Waals surface area contributed by atoms with Gasteiger partial charge in [0.05, 0.1) is 11.0 Å². The van der Waals surface area contributed by atoms with Crippen LogP contribution in [0, 0.1) is 5.92 Å². The summed E-state index contributed by atoms with van der Waals surface area (Å²) in [5.74, 6) is 0.177. The SMILES string of the molecule is CC1C(C)S(=O)(=O)CCN1C(=O)C1CCC(N)C1. The van der Waals surface area contributed by atoms with E-state index in [0.717, 1.165) is 19.3 Å². The van der Waals surface area contributed by atoms with E-state index in [1.54, 1.807) is 11.8 Å². The fourth-order valence-electron chi connectivity index (χ4n) is 2.95. The maximum absolute atomic E-state index is 12.4. The Labute approximate surface area is 109 Å². The molecule has 2 fully saturated rings. The largest absolute Gasteiger partial charge is 0.337 e. The van der Waals surface area contributed by atoms with Gasteiger partial charge in [0.1, 0.15) is 0 Å². The Bertz CT molecular complexity index is 435. The molecule has 18 heavy (non-hydrogen) atoms. The summed E-state index contributed by atoms with van der Waals surface area (Å²) in [4.78, 5) is 14.1. The predicted molar refractivity (Wildman–Crippen MR) is 69.7 cm³/mol. The first-order valence-corrected chi connectivity index (χ1v) is 8.32. The van der Waals surface area contributed by atoms with Crippen molar-refractivity contribution in [2.45, 2.75) is 50.4 Å². The van der Waals surface area contributed by atoms with Crippen LogP contribution in [0.25, 0.3) is 0 Å². The lowest BCUT2D eigenvalue weighted by atomic mass is 10.0. The molecule has 0 bridgehead atoms. The first-order valence-electron chi connectivity index (χ1n) is 6.60. The molecule has 4 atom stereocenters. The average Bonchev–Trinajstić information content (AvgIpc) is 2.72. The van der Waals surface area contributed by atoms with Gasteiger partial charge in [-0.1, -0.05) is 0 Å². The van der Waals surface area contributed by atoms with E-state index in [-0.39, 0.29) is 29.7 Å². The lowest BCUT2D eigenvalue weighted by molar-refractivity contribution is -0.137. The van der Waals surface area contributed by atoms with E-state index in [0.29, 0.717) is 6.54 Å². The van der Waals surface area contributed by atoms with Gasteiger partial charge in [0.2, 0.25) is 5.91 Å². The summed E-state index contributed by atoms with van der Waals surface area (Å²) < 4.78 is 23.6. The molecule has 4 unspecified atom stereocenters. The molecule has 1 saturated heterocycles. The highest BCUT2D eigenvalue weighted by Crippen LogP contribution is 2.29. The number of hydrogen-bond donors (Lipinski definition) is 1. The molecule has 104 valence electrons. The van der Waals surface area contributed by atoms with Gasteiger partial charge in [0.25, 0.3) is 0 Å². The molecule has 2 N–H and O–H groups in total. The van der Waals surface area contributed by atoms with Crippen LogP contribution < -0.4 is 5.73 Å². The number of hydrogen-bond acceptors (Lipinski definition) is 4. The Morgan fingerprint density at radius 1 is 1.28 bits per heavy atom. The number of carbonyl (C=O) groups is 1. The minimum Gasteiger partial charge on any atom is -0.337 e. The van der Waals surface area contributed by atoms with Gasteiger partial charge in [-0.2, -0.15) is 0 Å². The van der Waals surface area contributed by atoms with Gasteiger partial charge in [0, 0.05) is 24.5 Å². The van der Waals surface area contributed by atoms with Crippen molar-refractivity contribution in [1.29, 1.82) is 0 Å². The highest BCUT2D eigenvalue weighted by atomic mass is 32.2. The van der Waals surface area contributed by atoms with Crippen molar-refractivity contribution in [3.63, 3.8) is 0 Å². The van der Waals surface area contributed by atoms with Gasteiger partial charge < -0.3 is 10.6 Å². The quantitative estimate of drug-likeness (QED) is 0.738. The van der Waals surface area contributed by atoms with Gasteiger partial charge in [-0.3, -0.25) is 4.79 Å². The first-order chi connectivity index (χ1) is 8.33. The van der Waals surface area contributed by atoms with Crippen LogP contribution in [0.2, 0.25) is 0 Å². The minimum absolute atomic E-state index is 0.00421. The Hall–Kier alpha value is -0.620. The molecular weight excluding hydrogens is 252 g/mol. The van der Waals surface area contributed by atoms with Crippen LogP contribution in [-0.4, -0.2) is 48.9 Å². The van der Waals surface area contributed by atoms with E-state index in [1.165, 1.54) is 0 Å². The molecule has 5 nitrogen and oxygen atoms in total. The van der Waals surface area contributed by atoms with Gasteiger partial charge in [-0.05, 0) is 33.1 Å². The van der Waals surface area contributed by atoms with Crippen molar-refractivity contribution < 1.29 is 13.2 Å². The maximum atomic E-state index is 12.4. The van der Waals surface area contributed by atoms with Gasteiger partial charge in [0.15, 0.2) is 9.84 Å². The molecule has 0 radical (unpaired) electrons. The lowest BCUT2D eigenvalue weighted by Gasteiger charge is -2.38. The van der Waals surface area contributed by atoms with E-state index >= 15 is 0 Å². The third-order valence-electron chi connectivity index (χ3n) is 4.46. The van der Waals surface area contributed by atoms with Crippen LogP contribution in [0.1, 0.15) is 33.1 Å². The summed E-state index contributed by atoms with van der Waals surface area (Å²) >= 11 is 0. The molecule has 6 heteroatoms. The Kier molecular flexibility index (Phi) is 3.69. The zero-order chi connectivity index (χ0) is 13.5. The van der Waals surface area contributed by atoms with Crippen LogP contribution in [0.3, 0.4) is 0 Å². The van der Waals surface area contributed by atoms with Crippen LogP contribution in [-0.2, 0) is 14.6 Å². The average molecular weight is 274 g/mol. The van der Waals surface area contributed by atoms with E-state index in [1.807, 2.05) is 6.92 Å². The molecule has 0 aromatic heterocycles. The molecule has 1 amide bonds. The van der Waals surface area contributed by atoms with E-state index in [9.17, 15) is 13.2 Å². The van der Waals surface area contributed by atoms with Gasteiger partial charge >= 0.3 is 0 Å². The standard InChI is InChI=1S/C12H22N2O3S/c1-8-9(2)18(16,17)6-5-14(8)12(15)10-3-4-11(13)7-10/h8-11H,3-7,13H2,1-2H3. The molecule has 1 heterocycles. The number of nitrogens with zero attached hydrogens (tertiary/aromatic N) is 1. The van der Waals surface area contributed by atoms with Crippen molar-refractivity contribution in [1.82, 2.24) is 4.90 Å². The zero-order valence-electron chi connectivity index (χ0n) is 11.0. The first kappa shape index (κ1) is 13.8. The summed E-state index contributed by atoms with van der Waals surface area (Å²) in [5, 5.41) is -0.467.